The van der Waals surface area contributed by atoms with E-state index in [1.54, 1.807) is 0 Å². The quantitative estimate of drug-likeness (QED) is 0.520. The molecule has 136 valence electrons. The van der Waals surface area contributed by atoms with Gasteiger partial charge in [0.15, 0.2) is 0 Å². The number of ketones is 1. The Hall–Kier alpha value is -2.05. The molecule has 0 bridgehead atoms. The highest BCUT2D eigenvalue weighted by molar-refractivity contribution is 6.33. The molecule has 0 unspecified atom stereocenters. The third kappa shape index (κ3) is 4.96. The second-order valence-electron chi connectivity index (χ2n) is 5.95. The molecule has 0 atom stereocenters. The Morgan fingerprint density at radius 2 is 1.84 bits per heavy atom. The van der Waals surface area contributed by atoms with E-state index in [2.05, 4.69) is 0 Å². The molecule has 1 aliphatic rings. The van der Waals surface area contributed by atoms with E-state index < -0.39 is 17.5 Å². The standard InChI is InChI=1S/C18H21ClO6/c19-17-13-8-12(21)6-2-1-4-11(10-20)5-3-7-25-18(24)16(13)14(22)9-15(17)23/h5,9,20,22-23H,1-4,6-8,10H2/b11-5+. The molecule has 0 aliphatic carbocycles. The maximum Gasteiger partial charge on any atom is 0.342 e. The zero-order valence-corrected chi connectivity index (χ0v) is 14.5. The van der Waals surface area contributed by atoms with Crippen LogP contribution >= 0.6 is 11.6 Å². The van der Waals surface area contributed by atoms with Crippen LogP contribution in [-0.2, 0) is 16.0 Å². The van der Waals surface area contributed by atoms with Gasteiger partial charge in [-0.15, -0.1) is 0 Å². The summed E-state index contributed by atoms with van der Waals surface area (Å²) in [4.78, 5) is 24.5. The zero-order valence-electron chi connectivity index (χ0n) is 13.8. The molecule has 0 saturated carbocycles. The Morgan fingerprint density at radius 1 is 1.12 bits per heavy atom. The van der Waals surface area contributed by atoms with Crippen molar-refractivity contribution in [1.29, 1.82) is 0 Å². The second-order valence-corrected chi connectivity index (χ2v) is 6.33. The average molecular weight is 369 g/mol. The lowest BCUT2D eigenvalue weighted by Crippen LogP contribution is -2.13. The molecule has 6 nitrogen and oxygen atoms in total. The van der Waals surface area contributed by atoms with Crippen LogP contribution in [0, 0.1) is 0 Å². The summed E-state index contributed by atoms with van der Waals surface area (Å²) in [6.07, 6.45) is 4.42. The summed E-state index contributed by atoms with van der Waals surface area (Å²) in [6, 6.07) is 0.958. The fourth-order valence-electron chi connectivity index (χ4n) is 2.77. The summed E-state index contributed by atoms with van der Waals surface area (Å²) in [5.41, 5.74) is 0.731. The molecule has 0 amide bonds. The maximum atomic E-state index is 12.3. The Morgan fingerprint density at radius 3 is 2.56 bits per heavy atom. The van der Waals surface area contributed by atoms with Gasteiger partial charge in [-0.2, -0.15) is 0 Å². The van der Waals surface area contributed by atoms with Gasteiger partial charge in [-0.25, -0.2) is 4.79 Å². The van der Waals surface area contributed by atoms with Gasteiger partial charge < -0.3 is 20.1 Å². The maximum absolute atomic E-state index is 12.3. The first-order valence-electron chi connectivity index (χ1n) is 8.15. The smallest absolute Gasteiger partial charge is 0.342 e. The summed E-state index contributed by atoms with van der Waals surface area (Å²) in [5, 5.41) is 29.0. The first kappa shape index (κ1) is 19.3. The summed E-state index contributed by atoms with van der Waals surface area (Å²) in [7, 11) is 0. The number of esters is 1. The topological polar surface area (TPSA) is 104 Å². The van der Waals surface area contributed by atoms with E-state index in [4.69, 9.17) is 16.3 Å². The molecule has 1 aromatic carbocycles. The molecular formula is C18H21ClO6. The number of cyclic esters (lactones) is 1. The number of carbonyl (C=O) groups is 2. The Kier molecular flexibility index (Phi) is 6.84. The molecule has 25 heavy (non-hydrogen) atoms. The minimum absolute atomic E-state index is 0.0632. The van der Waals surface area contributed by atoms with E-state index >= 15 is 0 Å². The van der Waals surface area contributed by atoms with E-state index in [9.17, 15) is 24.9 Å². The van der Waals surface area contributed by atoms with Crippen LogP contribution in [0.3, 0.4) is 0 Å². The Bertz CT molecular complexity index is 695. The van der Waals surface area contributed by atoms with Crippen molar-refractivity contribution in [1.82, 2.24) is 0 Å². The highest BCUT2D eigenvalue weighted by Gasteiger charge is 2.25. The van der Waals surface area contributed by atoms with Gasteiger partial charge in [-0.1, -0.05) is 17.7 Å². The Balaban J connectivity index is 2.36. The van der Waals surface area contributed by atoms with Crippen molar-refractivity contribution >= 4 is 23.4 Å². The minimum Gasteiger partial charge on any atom is -0.507 e. The first-order chi connectivity index (χ1) is 11.9. The molecule has 0 saturated heterocycles. The first-order valence-corrected chi connectivity index (χ1v) is 8.52. The van der Waals surface area contributed by atoms with Crippen LogP contribution in [0.2, 0.25) is 5.02 Å². The number of Topliss-reactive ketones (excluding diaryl/α,β-unsaturated/α-hetero) is 1. The van der Waals surface area contributed by atoms with Crippen molar-refractivity contribution in [3.05, 3.63) is 33.9 Å². The van der Waals surface area contributed by atoms with E-state index in [0.29, 0.717) is 19.3 Å². The van der Waals surface area contributed by atoms with Gasteiger partial charge in [0.05, 0.1) is 18.2 Å². The number of aromatic hydroxyl groups is 2. The highest BCUT2D eigenvalue weighted by Crippen LogP contribution is 2.37. The number of fused-ring (bicyclic) bond motifs is 1. The van der Waals surface area contributed by atoms with Crippen molar-refractivity contribution < 1.29 is 29.6 Å². The predicted molar refractivity (Wildman–Crippen MR) is 92.0 cm³/mol. The van der Waals surface area contributed by atoms with Crippen molar-refractivity contribution in [3.63, 3.8) is 0 Å². The van der Waals surface area contributed by atoms with E-state index in [1.165, 1.54) is 0 Å². The van der Waals surface area contributed by atoms with Gasteiger partial charge >= 0.3 is 5.97 Å². The van der Waals surface area contributed by atoms with Gasteiger partial charge in [0.2, 0.25) is 0 Å². The van der Waals surface area contributed by atoms with Gasteiger partial charge in [-0.05, 0) is 31.3 Å². The van der Waals surface area contributed by atoms with Crippen LogP contribution in [0.5, 0.6) is 11.5 Å². The number of rotatable bonds is 1. The predicted octanol–water partition coefficient (Wildman–Crippen LogP) is 2.90. The molecule has 0 fully saturated rings. The zero-order chi connectivity index (χ0) is 18.4. The minimum atomic E-state index is -0.807. The SMILES string of the molecule is O=C1CCCC/C(CO)=C\CCOC(=O)c2c(O)cc(O)c(Cl)c2C1. The molecule has 1 aliphatic heterocycles. The van der Waals surface area contributed by atoms with Gasteiger partial charge in [0.25, 0.3) is 0 Å². The average Bonchev–Trinajstić information content (AvgIpc) is 2.57. The number of ether oxygens (including phenoxy) is 1. The van der Waals surface area contributed by atoms with Crippen LogP contribution < -0.4 is 0 Å². The van der Waals surface area contributed by atoms with Crippen molar-refractivity contribution in [2.24, 2.45) is 0 Å². The molecule has 1 heterocycles. The fraction of sp³-hybridized carbons (Fsp3) is 0.444. The lowest BCUT2D eigenvalue weighted by Gasteiger charge is -2.14. The molecule has 7 heteroatoms. The van der Waals surface area contributed by atoms with Crippen molar-refractivity contribution in [2.45, 2.75) is 38.5 Å². The van der Waals surface area contributed by atoms with Crippen LogP contribution in [0.15, 0.2) is 17.7 Å². The lowest BCUT2D eigenvalue weighted by molar-refractivity contribution is -0.118. The van der Waals surface area contributed by atoms with E-state index in [0.717, 1.165) is 18.1 Å². The largest absolute Gasteiger partial charge is 0.507 e. The second kappa shape index (κ2) is 8.87. The highest BCUT2D eigenvalue weighted by atomic mass is 35.5. The lowest BCUT2D eigenvalue weighted by atomic mass is 9.97. The van der Waals surface area contributed by atoms with Crippen LogP contribution in [0.1, 0.15) is 48.0 Å². The molecule has 2 rings (SSSR count). The number of hydrogen-bond donors (Lipinski definition) is 3. The number of aliphatic hydroxyl groups excluding tert-OH is 1. The van der Waals surface area contributed by atoms with E-state index in [-0.39, 0.29) is 48.0 Å². The van der Waals surface area contributed by atoms with Gasteiger partial charge in [0, 0.05) is 24.5 Å². The van der Waals surface area contributed by atoms with Gasteiger partial charge in [-0.3, -0.25) is 4.79 Å². The third-order valence-electron chi connectivity index (χ3n) is 4.09. The van der Waals surface area contributed by atoms with Gasteiger partial charge in [0.1, 0.15) is 22.8 Å². The van der Waals surface area contributed by atoms with Crippen LogP contribution in [0.25, 0.3) is 0 Å². The number of phenolic OH excluding ortho intramolecular Hbond substituents is 2. The molecule has 0 spiro atoms. The normalized spacial score (nSPS) is 19.4. The third-order valence-corrected chi connectivity index (χ3v) is 4.51. The van der Waals surface area contributed by atoms with Crippen molar-refractivity contribution in [3.8, 4) is 11.5 Å². The number of carbonyl (C=O) groups excluding carboxylic acids is 2. The number of hydrogen-bond acceptors (Lipinski definition) is 6. The molecule has 0 radical (unpaired) electrons. The molecule has 3 N–H and O–H groups in total. The van der Waals surface area contributed by atoms with Crippen molar-refractivity contribution in [2.75, 3.05) is 13.2 Å². The molecular weight excluding hydrogens is 348 g/mol. The summed E-state index contributed by atoms with van der Waals surface area (Å²) in [6.45, 7) is -0.00590. The summed E-state index contributed by atoms with van der Waals surface area (Å²) < 4.78 is 5.14. The number of benzene rings is 1. The monoisotopic (exact) mass is 368 g/mol. The fourth-order valence-corrected chi connectivity index (χ4v) is 2.99. The number of halogens is 1. The van der Waals surface area contributed by atoms with Crippen LogP contribution in [-0.4, -0.2) is 40.3 Å². The van der Waals surface area contributed by atoms with E-state index in [1.807, 2.05) is 6.08 Å². The van der Waals surface area contributed by atoms with Crippen LogP contribution in [0.4, 0.5) is 0 Å². The summed E-state index contributed by atoms with van der Waals surface area (Å²) in [5.74, 6) is -1.84. The Labute approximate surface area is 150 Å². The number of phenols is 2. The summed E-state index contributed by atoms with van der Waals surface area (Å²) >= 11 is 6.04. The molecule has 0 aromatic heterocycles. The number of aliphatic hydroxyl groups is 1. The molecule has 1 aromatic rings.